The van der Waals surface area contributed by atoms with Crippen LogP contribution in [0.15, 0.2) is 0 Å². The van der Waals surface area contributed by atoms with Gasteiger partial charge in [-0.05, 0) is 0 Å². The van der Waals surface area contributed by atoms with Crippen molar-refractivity contribution in [3.63, 3.8) is 0 Å². The summed E-state index contributed by atoms with van der Waals surface area (Å²) < 4.78 is 49.3. The Balaban J connectivity index is 4.45. The van der Waals surface area contributed by atoms with E-state index in [2.05, 4.69) is 12.6 Å². The SMILES string of the molecule is COCCOCCOC(CS)C([SiH3])(OCCOCCOC)OCCOCCOC. The molecule has 176 valence electrons. The van der Waals surface area contributed by atoms with Crippen LogP contribution in [0.3, 0.4) is 0 Å². The topological polar surface area (TPSA) is 83.1 Å². The van der Waals surface area contributed by atoms with Crippen molar-refractivity contribution in [2.24, 2.45) is 0 Å². The third-order valence-electron chi connectivity index (χ3n) is 3.83. The molecule has 0 aromatic rings. The van der Waals surface area contributed by atoms with Crippen LogP contribution in [-0.4, -0.2) is 128 Å². The Morgan fingerprint density at radius 2 is 1.00 bits per heavy atom. The summed E-state index contributed by atoms with van der Waals surface area (Å²) in [6, 6.07) is 0. The van der Waals surface area contributed by atoms with Crippen molar-refractivity contribution < 1.29 is 42.6 Å². The molecule has 1 atom stereocenters. The molecule has 0 amide bonds. The lowest BCUT2D eigenvalue weighted by atomic mass is 10.3. The van der Waals surface area contributed by atoms with E-state index in [1.165, 1.54) is 0 Å². The van der Waals surface area contributed by atoms with Gasteiger partial charge < -0.3 is 42.6 Å². The van der Waals surface area contributed by atoms with Crippen molar-refractivity contribution in [2.45, 2.75) is 11.5 Å². The second-order valence-electron chi connectivity index (χ2n) is 6.07. The molecule has 1 unspecified atom stereocenters. The number of hydrogen-bond acceptors (Lipinski definition) is 10. The summed E-state index contributed by atoms with van der Waals surface area (Å²) in [5.74, 6) is 0.455. The van der Waals surface area contributed by atoms with Crippen molar-refractivity contribution in [1.29, 1.82) is 0 Å². The van der Waals surface area contributed by atoms with Gasteiger partial charge in [-0.2, -0.15) is 12.6 Å². The van der Waals surface area contributed by atoms with Gasteiger partial charge in [0.15, 0.2) is 5.41 Å². The van der Waals surface area contributed by atoms with Crippen LogP contribution in [0.5, 0.6) is 0 Å². The van der Waals surface area contributed by atoms with Gasteiger partial charge in [0.2, 0.25) is 0 Å². The van der Waals surface area contributed by atoms with Crippen LogP contribution in [0, 0.1) is 0 Å². The second-order valence-corrected chi connectivity index (χ2v) is 7.83. The maximum Gasteiger partial charge on any atom is 0.167 e. The molecule has 0 N–H and O–H groups in total. The minimum absolute atomic E-state index is 0.332. The average molecular weight is 461 g/mol. The number of thiol groups is 1. The molecule has 0 rings (SSSR count). The fraction of sp³-hybridized carbons (Fsp3) is 1.00. The average Bonchev–Trinajstić information content (AvgIpc) is 2.72. The number of rotatable bonds is 23. The van der Waals surface area contributed by atoms with Gasteiger partial charge in [0.25, 0.3) is 0 Å². The van der Waals surface area contributed by atoms with Crippen LogP contribution in [-0.2, 0) is 42.6 Å². The first-order valence-corrected chi connectivity index (χ1v) is 11.5. The van der Waals surface area contributed by atoms with Gasteiger partial charge in [-0.3, -0.25) is 0 Å². The third kappa shape index (κ3) is 16.6. The first-order chi connectivity index (χ1) is 14.1. The zero-order valence-corrected chi connectivity index (χ0v) is 21.3. The molecular weight excluding hydrogens is 420 g/mol. The van der Waals surface area contributed by atoms with Crippen LogP contribution in [0.25, 0.3) is 0 Å². The van der Waals surface area contributed by atoms with E-state index < -0.39 is 5.41 Å². The van der Waals surface area contributed by atoms with Gasteiger partial charge in [0.05, 0.1) is 89.5 Å². The van der Waals surface area contributed by atoms with E-state index in [9.17, 15) is 0 Å². The van der Waals surface area contributed by atoms with Crippen molar-refractivity contribution in [3.8, 4) is 0 Å². The molecule has 0 aromatic carbocycles. The molecule has 9 nitrogen and oxygen atoms in total. The van der Waals surface area contributed by atoms with E-state index >= 15 is 0 Å². The molecule has 29 heavy (non-hydrogen) atoms. The Kier molecular flexibility index (Phi) is 21.6. The van der Waals surface area contributed by atoms with E-state index in [0.717, 1.165) is 0 Å². The first-order valence-electron chi connectivity index (χ1n) is 9.85. The standard InChI is InChI=1S/C18H40O9SSi/c1-19-4-7-22-10-13-25-17(16-28)18(29,26-14-11-23-8-5-20-2)27-15-12-24-9-6-21-3/h17,28H,4-16H2,1-3,29H3. The quantitative estimate of drug-likeness (QED) is 0.0925. The molecule has 0 radical (unpaired) electrons. The van der Waals surface area contributed by atoms with E-state index in [-0.39, 0.29) is 6.10 Å². The Hall–Kier alpha value is 0.207. The molecule has 0 aliphatic carbocycles. The molecule has 0 aliphatic heterocycles. The highest BCUT2D eigenvalue weighted by Gasteiger charge is 2.36. The highest BCUT2D eigenvalue weighted by molar-refractivity contribution is 7.80. The van der Waals surface area contributed by atoms with Crippen LogP contribution >= 0.6 is 12.6 Å². The summed E-state index contributed by atoms with van der Waals surface area (Å²) in [4.78, 5) is 0. The lowest BCUT2D eigenvalue weighted by Gasteiger charge is -2.37. The van der Waals surface area contributed by atoms with Crippen LogP contribution in [0.4, 0.5) is 0 Å². The van der Waals surface area contributed by atoms with Crippen molar-refractivity contribution >= 4 is 22.9 Å². The Morgan fingerprint density at radius 3 is 1.38 bits per heavy atom. The van der Waals surface area contributed by atoms with Gasteiger partial charge in [-0.15, -0.1) is 0 Å². The van der Waals surface area contributed by atoms with Gasteiger partial charge in [-0.1, -0.05) is 0 Å². The van der Waals surface area contributed by atoms with Crippen molar-refractivity contribution in [3.05, 3.63) is 0 Å². The Labute approximate surface area is 183 Å². The smallest absolute Gasteiger partial charge is 0.167 e. The van der Waals surface area contributed by atoms with Crippen LogP contribution in [0.2, 0.25) is 0 Å². The fourth-order valence-corrected chi connectivity index (χ4v) is 3.75. The molecule has 11 heteroatoms. The summed E-state index contributed by atoms with van der Waals surface area (Å²) in [7, 11) is 5.50. The molecule has 0 saturated carbocycles. The predicted octanol–water partition coefficient (Wildman–Crippen LogP) is -0.657. The molecule has 0 fully saturated rings. The summed E-state index contributed by atoms with van der Waals surface area (Å²) >= 11 is 4.43. The van der Waals surface area contributed by atoms with Crippen LogP contribution in [0.1, 0.15) is 0 Å². The van der Waals surface area contributed by atoms with Crippen molar-refractivity contribution in [1.82, 2.24) is 0 Å². The van der Waals surface area contributed by atoms with Gasteiger partial charge >= 0.3 is 0 Å². The molecule has 0 bridgehead atoms. The third-order valence-corrected chi connectivity index (χ3v) is 5.38. The maximum atomic E-state index is 6.04. The number of methoxy groups -OCH3 is 3. The predicted molar refractivity (Wildman–Crippen MR) is 116 cm³/mol. The number of ether oxygens (including phenoxy) is 9. The highest BCUT2D eigenvalue weighted by Crippen LogP contribution is 2.19. The molecule has 0 saturated heterocycles. The minimum atomic E-state index is -0.858. The van der Waals surface area contributed by atoms with Crippen LogP contribution < -0.4 is 0 Å². The molecule has 0 spiro atoms. The first kappa shape index (κ1) is 29.2. The summed E-state index contributed by atoms with van der Waals surface area (Å²) in [5.41, 5.74) is -0.858. The maximum absolute atomic E-state index is 6.04. The summed E-state index contributed by atoms with van der Waals surface area (Å²) in [6.45, 7) is 5.76. The van der Waals surface area contributed by atoms with E-state index in [1.54, 1.807) is 21.3 Å². The largest absolute Gasteiger partial charge is 0.382 e. The normalized spacial score (nSPS) is 13.2. The molecule has 0 aromatic heterocycles. The van der Waals surface area contributed by atoms with Crippen molar-refractivity contribution in [2.75, 3.05) is 106 Å². The van der Waals surface area contributed by atoms with E-state index in [1.807, 2.05) is 0 Å². The lowest BCUT2D eigenvalue weighted by Crippen LogP contribution is -2.52. The second kappa shape index (κ2) is 21.4. The zero-order chi connectivity index (χ0) is 21.6. The fourth-order valence-electron chi connectivity index (χ4n) is 2.19. The lowest BCUT2D eigenvalue weighted by molar-refractivity contribution is -0.243. The number of hydrogen-bond donors (Lipinski definition) is 1. The monoisotopic (exact) mass is 460 g/mol. The van der Waals surface area contributed by atoms with Gasteiger partial charge in [0.1, 0.15) is 6.10 Å². The van der Waals surface area contributed by atoms with E-state index in [4.69, 9.17) is 42.6 Å². The van der Waals surface area contributed by atoms with Gasteiger partial charge in [-0.25, -0.2) is 0 Å². The van der Waals surface area contributed by atoms with Gasteiger partial charge in [0, 0.05) is 27.1 Å². The zero-order valence-electron chi connectivity index (χ0n) is 18.4. The highest BCUT2D eigenvalue weighted by atomic mass is 32.1. The Bertz CT molecular complexity index is 326. The van der Waals surface area contributed by atoms with E-state index in [0.29, 0.717) is 95.3 Å². The Morgan fingerprint density at radius 1 is 0.621 bits per heavy atom. The molecule has 0 aliphatic rings. The molecular formula is C18H40O9SSi. The summed E-state index contributed by atoms with van der Waals surface area (Å²) in [6.07, 6.45) is -0.332. The molecule has 0 heterocycles. The minimum Gasteiger partial charge on any atom is -0.382 e. The summed E-state index contributed by atoms with van der Waals surface area (Å²) in [5, 5.41) is 0.